The minimum atomic E-state index is -3.54. The SMILES string of the molecule is O=C(Cc1ccc(S(=O)(=O)N2CCOCC2)s1)Nc1cccc(/C=C/c2ccccn2)c1. The Hall–Kier alpha value is -2.85. The number of thiophene rings is 1. The van der Waals surface area contributed by atoms with Gasteiger partial charge in [0.1, 0.15) is 4.21 Å². The van der Waals surface area contributed by atoms with Crippen LogP contribution in [0.1, 0.15) is 16.1 Å². The van der Waals surface area contributed by atoms with E-state index in [1.807, 2.05) is 54.6 Å². The number of morpholine rings is 1. The van der Waals surface area contributed by atoms with Crippen LogP contribution in [0.15, 0.2) is 65.0 Å². The van der Waals surface area contributed by atoms with Crippen molar-refractivity contribution in [3.63, 3.8) is 0 Å². The zero-order valence-corrected chi connectivity index (χ0v) is 18.9. The fourth-order valence-corrected chi connectivity index (χ4v) is 6.16. The molecule has 32 heavy (non-hydrogen) atoms. The third-order valence-electron chi connectivity index (χ3n) is 4.84. The molecular weight excluding hydrogens is 446 g/mol. The lowest BCUT2D eigenvalue weighted by atomic mass is 10.1. The number of nitrogens with zero attached hydrogens (tertiary/aromatic N) is 2. The van der Waals surface area contributed by atoms with Crippen LogP contribution < -0.4 is 5.32 Å². The number of anilines is 1. The van der Waals surface area contributed by atoms with Gasteiger partial charge in [0.15, 0.2) is 0 Å². The highest BCUT2D eigenvalue weighted by Crippen LogP contribution is 2.26. The number of benzene rings is 1. The second-order valence-electron chi connectivity index (χ2n) is 7.18. The van der Waals surface area contributed by atoms with Gasteiger partial charge in [0.25, 0.3) is 10.0 Å². The number of carbonyl (C=O) groups is 1. The number of sulfonamides is 1. The average Bonchev–Trinajstić information content (AvgIpc) is 3.28. The first-order chi connectivity index (χ1) is 15.5. The number of carbonyl (C=O) groups excluding carboxylic acids is 1. The summed E-state index contributed by atoms with van der Waals surface area (Å²) in [5.41, 5.74) is 2.46. The summed E-state index contributed by atoms with van der Waals surface area (Å²) in [5, 5.41) is 2.88. The quantitative estimate of drug-likeness (QED) is 0.572. The Labute approximate surface area is 191 Å². The van der Waals surface area contributed by atoms with Gasteiger partial charge in [-0.1, -0.05) is 24.3 Å². The van der Waals surface area contributed by atoms with E-state index in [4.69, 9.17) is 4.74 Å². The molecule has 1 fully saturated rings. The van der Waals surface area contributed by atoms with Gasteiger partial charge in [-0.2, -0.15) is 4.31 Å². The van der Waals surface area contributed by atoms with E-state index < -0.39 is 10.0 Å². The molecule has 3 heterocycles. The number of pyridine rings is 1. The lowest BCUT2D eigenvalue weighted by molar-refractivity contribution is -0.115. The van der Waals surface area contributed by atoms with Crippen molar-refractivity contribution in [1.29, 1.82) is 0 Å². The second kappa shape index (κ2) is 10.2. The largest absolute Gasteiger partial charge is 0.379 e. The van der Waals surface area contributed by atoms with Crippen LogP contribution in [0.25, 0.3) is 12.2 Å². The minimum absolute atomic E-state index is 0.108. The molecule has 0 spiro atoms. The van der Waals surface area contributed by atoms with Crippen molar-refractivity contribution in [2.75, 3.05) is 31.6 Å². The molecule has 1 saturated heterocycles. The molecular formula is C23H23N3O4S2. The van der Waals surface area contributed by atoms with Gasteiger partial charge in [0.2, 0.25) is 5.91 Å². The number of hydrogen-bond acceptors (Lipinski definition) is 6. The number of amides is 1. The first kappa shape index (κ1) is 22.3. The highest BCUT2D eigenvalue weighted by molar-refractivity contribution is 7.91. The van der Waals surface area contributed by atoms with Crippen molar-refractivity contribution < 1.29 is 17.9 Å². The lowest BCUT2D eigenvalue weighted by Crippen LogP contribution is -2.40. The van der Waals surface area contributed by atoms with Gasteiger partial charge in [0, 0.05) is 29.9 Å². The molecule has 3 aromatic rings. The maximum absolute atomic E-state index is 12.7. The third kappa shape index (κ3) is 5.68. The zero-order chi connectivity index (χ0) is 22.4. The highest BCUT2D eigenvalue weighted by atomic mass is 32.2. The zero-order valence-electron chi connectivity index (χ0n) is 17.3. The van der Waals surface area contributed by atoms with Gasteiger partial charge in [-0.3, -0.25) is 9.78 Å². The van der Waals surface area contributed by atoms with Gasteiger partial charge in [-0.05, 0) is 48.0 Å². The summed E-state index contributed by atoms with van der Waals surface area (Å²) < 4.78 is 32.4. The number of nitrogens with one attached hydrogen (secondary N) is 1. The molecule has 0 bridgehead atoms. The third-order valence-corrected chi connectivity index (χ3v) is 8.29. The standard InChI is InChI=1S/C23H23N3O4S2/c27-22(17-21-9-10-23(31-21)32(28,29)26-12-14-30-15-13-26)25-20-6-3-4-18(16-20)7-8-19-5-1-2-11-24-19/h1-11,16H,12-15,17H2,(H,25,27)/b8-7+. The molecule has 2 aromatic heterocycles. The summed E-state index contributed by atoms with van der Waals surface area (Å²) in [6.07, 6.45) is 5.68. The first-order valence-corrected chi connectivity index (χ1v) is 12.4. The number of ether oxygens (including phenoxy) is 1. The molecule has 0 radical (unpaired) electrons. The molecule has 4 rings (SSSR count). The summed E-state index contributed by atoms with van der Waals surface area (Å²) >= 11 is 1.13. The summed E-state index contributed by atoms with van der Waals surface area (Å²) in [6.45, 7) is 1.49. The monoisotopic (exact) mass is 469 g/mol. The van der Waals surface area contributed by atoms with Crippen LogP contribution >= 0.6 is 11.3 Å². The molecule has 1 N–H and O–H groups in total. The summed E-state index contributed by atoms with van der Waals surface area (Å²) in [6, 6.07) is 16.5. The van der Waals surface area contributed by atoms with Gasteiger partial charge < -0.3 is 10.1 Å². The van der Waals surface area contributed by atoms with Crippen LogP contribution in [0.4, 0.5) is 5.69 Å². The highest BCUT2D eigenvalue weighted by Gasteiger charge is 2.27. The van der Waals surface area contributed by atoms with E-state index in [1.54, 1.807) is 18.3 Å². The molecule has 0 saturated carbocycles. The smallest absolute Gasteiger partial charge is 0.252 e. The minimum Gasteiger partial charge on any atom is -0.379 e. The van der Waals surface area contributed by atoms with Crippen LogP contribution in [0.5, 0.6) is 0 Å². The van der Waals surface area contributed by atoms with E-state index in [-0.39, 0.29) is 16.5 Å². The Bertz CT molecular complexity index is 1200. The van der Waals surface area contributed by atoms with Crippen LogP contribution in [0.3, 0.4) is 0 Å². The lowest BCUT2D eigenvalue weighted by Gasteiger charge is -2.25. The topological polar surface area (TPSA) is 88.6 Å². The molecule has 0 unspecified atom stereocenters. The molecule has 1 aliphatic rings. The van der Waals surface area contributed by atoms with Crippen molar-refractivity contribution in [2.45, 2.75) is 10.6 Å². The van der Waals surface area contributed by atoms with Crippen molar-refractivity contribution in [1.82, 2.24) is 9.29 Å². The Morgan fingerprint density at radius 3 is 2.72 bits per heavy atom. The Kier molecular flexibility index (Phi) is 7.11. The Morgan fingerprint density at radius 2 is 1.94 bits per heavy atom. The molecule has 1 aliphatic heterocycles. The normalized spacial score (nSPS) is 15.1. The fourth-order valence-electron chi connectivity index (χ4n) is 3.25. The Morgan fingerprint density at radius 1 is 1.09 bits per heavy atom. The predicted octanol–water partition coefficient (Wildman–Crippen LogP) is 3.52. The molecule has 9 heteroatoms. The molecule has 1 aromatic carbocycles. The number of rotatable bonds is 7. The second-order valence-corrected chi connectivity index (χ2v) is 10.5. The van der Waals surface area contributed by atoms with E-state index in [2.05, 4.69) is 10.3 Å². The molecule has 166 valence electrons. The van der Waals surface area contributed by atoms with Gasteiger partial charge in [0.05, 0.1) is 25.3 Å². The molecule has 0 aliphatic carbocycles. The average molecular weight is 470 g/mol. The number of hydrogen-bond donors (Lipinski definition) is 1. The fraction of sp³-hybridized carbons (Fsp3) is 0.217. The predicted molar refractivity (Wildman–Crippen MR) is 126 cm³/mol. The van der Waals surface area contributed by atoms with Crippen LogP contribution in [-0.4, -0.2) is 49.9 Å². The summed E-state index contributed by atoms with van der Waals surface area (Å²) in [4.78, 5) is 17.5. The first-order valence-electron chi connectivity index (χ1n) is 10.2. The Balaban J connectivity index is 1.38. The van der Waals surface area contributed by atoms with E-state index in [1.165, 1.54) is 4.31 Å². The van der Waals surface area contributed by atoms with Crippen LogP contribution in [-0.2, 0) is 26.0 Å². The van der Waals surface area contributed by atoms with Gasteiger partial charge in [-0.25, -0.2) is 8.42 Å². The number of aromatic nitrogens is 1. The molecule has 0 atom stereocenters. The summed E-state index contributed by atoms with van der Waals surface area (Å²) in [5.74, 6) is -0.201. The van der Waals surface area contributed by atoms with Crippen molar-refractivity contribution >= 4 is 45.1 Å². The summed E-state index contributed by atoms with van der Waals surface area (Å²) in [7, 11) is -3.54. The van der Waals surface area contributed by atoms with Gasteiger partial charge >= 0.3 is 0 Å². The van der Waals surface area contributed by atoms with E-state index in [0.717, 1.165) is 22.6 Å². The van der Waals surface area contributed by atoms with E-state index in [0.29, 0.717) is 36.9 Å². The van der Waals surface area contributed by atoms with Crippen molar-refractivity contribution in [3.05, 3.63) is 76.9 Å². The maximum Gasteiger partial charge on any atom is 0.252 e. The van der Waals surface area contributed by atoms with Crippen molar-refractivity contribution in [2.24, 2.45) is 0 Å². The maximum atomic E-state index is 12.7. The molecule has 7 nitrogen and oxygen atoms in total. The van der Waals surface area contributed by atoms with E-state index in [9.17, 15) is 13.2 Å². The molecule has 1 amide bonds. The van der Waals surface area contributed by atoms with Crippen LogP contribution in [0.2, 0.25) is 0 Å². The van der Waals surface area contributed by atoms with Crippen molar-refractivity contribution in [3.8, 4) is 0 Å². The van der Waals surface area contributed by atoms with Crippen LogP contribution in [0, 0.1) is 0 Å². The van der Waals surface area contributed by atoms with E-state index >= 15 is 0 Å². The van der Waals surface area contributed by atoms with Gasteiger partial charge in [-0.15, -0.1) is 11.3 Å².